The second kappa shape index (κ2) is 6.57. The molecule has 0 heterocycles. The highest BCUT2D eigenvalue weighted by molar-refractivity contribution is 5.82. The SMILES string of the molecule is OCCOc1ccc(C=Nc2ccccc2)cc1. The molecule has 0 unspecified atom stereocenters. The molecule has 0 fully saturated rings. The second-order valence-electron chi connectivity index (χ2n) is 3.73. The van der Waals surface area contributed by atoms with Gasteiger partial charge in [-0.1, -0.05) is 18.2 Å². The van der Waals surface area contributed by atoms with Crippen LogP contribution in [0.1, 0.15) is 5.56 Å². The van der Waals surface area contributed by atoms with E-state index in [-0.39, 0.29) is 6.61 Å². The summed E-state index contributed by atoms with van der Waals surface area (Å²) in [5.41, 5.74) is 1.94. The molecule has 0 aliphatic carbocycles. The van der Waals surface area contributed by atoms with Crippen molar-refractivity contribution in [2.24, 2.45) is 4.99 Å². The van der Waals surface area contributed by atoms with E-state index in [0.717, 1.165) is 17.0 Å². The number of benzene rings is 2. The van der Waals surface area contributed by atoms with E-state index in [2.05, 4.69) is 4.99 Å². The Bertz CT molecular complexity index is 492. The highest BCUT2D eigenvalue weighted by Crippen LogP contribution is 2.13. The molecule has 0 saturated heterocycles. The Balaban J connectivity index is 2.00. The van der Waals surface area contributed by atoms with E-state index in [1.807, 2.05) is 60.8 Å². The van der Waals surface area contributed by atoms with Gasteiger partial charge in [-0.05, 0) is 42.0 Å². The molecule has 2 aromatic rings. The predicted molar refractivity (Wildman–Crippen MR) is 72.7 cm³/mol. The molecular formula is C15H15NO2. The van der Waals surface area contributed by atoms with Gasteiger partial charge in [-0.25, -0.2) is 0 Å². The van der Waals surface area contributed by atoms with Crippen molar-refractivity contribution in [1.29, 1.82) is 0 Å². The van der Waals surface area contributed by atoms with Crippen molar-refractivity contribution in [1.82, 2.24) is 0 Å². The number of ether oxygens (including phenoxy) is 1. The summed E-state index contributed by atoms with van der Waals surface area (Å²) in [6.07, 6.45) is 1.81. The molecule has 3 heteroatoms. The third kappa shape index (κ3) is 3.71. The van der Waals surface area contributed by atoms with E-state index in [0.29, 0.717) is 6.61 Å². The van der Waals surface area contributed by atoms with Crippen molar-refractivity contribution in [3.63, 3.8) is 0 Å². The van der Waals surface area contributed by atoms with Gasteiger partial charge in [0.1, 0.15) is 12.4 Å². The first-order valence-electron chi connectivity index (χ1n) is 5.81. The summed E-state index contributed by atoms with van der Waals surface area (Å²) >= 11 is 0. The van der Waals surface area contributed by atoms with Crippen molar-refractivity contribution < 1.29 is 9.84 Å². The third-order valence-corrected chi connectivity index (χ3v) is 2.36. The number of para-hydroxylation sites is 1. The van der Waals surface area contributed by atoms with Gasteiger partial charge in [0.15, 0.2) is 0 Å². The molecule has 0 radical (unpaired) electrons. The lowest BCUT2D eigenvalue weighted by atomic mass is 10.2. The van der Waals surface area contributed by atoms with Crippen LogP contribution < -0.4 is 4.74 Å². The average molecular weight is 241 g/mol. The van der Waals surface area contributed by atoms with Gasteiger partial charge in [-0.2, -0.15) is 0 Å². The van der Waals surface area contributed by atoms with E-state index in [1.165, 1.54) is 0 Å². The number of hydrogen-bond donors (Lipinski definition) is 1. The average Bonchev–Trinajstić information content (AvgIpc) is 2.45. The monoisotopic (exact) mass is 241 g/mol. The minimum absolute atomic E-state index is 0.0250. The molecule has 0 aliphatic heterocycles. The van der Waals surface area contributed by atoms with E-state index in [9.17, 15) is 0 Å². The fraction of sp³-hybridized carbons (Fsp3) is 0.133. The number of nitrogens with zero attached hydrogens (tertiary/aromatic N) is 1. The van der Waals surface area contributed by atoms with Crippen LogP contribution in [0.3, 0.4) is 0 Å². The van der Waals surface area contributed by atoms with Crippen LogP contribution in [0.25, 0.3) is 0 Å². The zero-order valence-electron chi connectivity index (χ0n) is 9.99. The molecule has 0 atom stereocenters. The smallest absolute Gasteiger partial charge is 0.119 e. The van der Waals surface area contributed by atoms with Crippen LogP contribution in [0.2, 0.25) is 0 Å². The fourth-order valence-corrected chi connectivity index (χ4v) is 1.48. The molecule has 0 aromatic heterocycles. The number of aliphatic hydroxyl groups excluding tert-OH is 1. The van der Waals surface area contributed by atoms with Crippen LogP contribution in [0.15, 0.2) is 59.6 Å². The van der Waals surface area contributed by atoms with Gasteiger partial charge in [-0.15, -0.1) is 0 Å². The van der Waals surface area contributed by atoms with Crippen molar-refractivity contribution in [2.75, 3.05) is 13.2 Å². The summed E-state index contributed by atoms with van der Waals surface area (Å²) in [5, 5.41) is 8.65. The minimum atomic E-state index is 0.0250. The van der Waals surface area contributed by atoms with E-state index in [1.54, 1.807) is 0 Å². The Labute approximate surface area is 106 Å². The van der Waals surface area contributed by atoms with E-state index < -0.39 is 0 Å². The lowest BCUT2D eigenvalue weighted by Gasteiger charge is -2.03. The maximum absolute atomic E-state index is 8.65. The van der Waals surface area contributed by atoms with Gasteiger partial charge in [0.2, 0.25) is 0 Å². The Morgan fingerprint density at radius 3 is 2.39 bits per heavy atom. The van der Waals surface area contributed by atoms with Gasteiger partial charge < -0.3 is 9.84 Å². The van der Waals surface area contributed by atoms with Gasteiger partial charge in [-0.3, -0.25) is 4.99 Å². The topological polar surface area (TPSA) is 41.8 Å². The summed E-state index contributed by atoms with van der Waals surface area (Å²) in [4.78, 5) is 4.36. The number of hydrogen-bond acceptors (Lipinski definition) is 3. The first-order chi connectivity index (χ1) is 8.88. The lowest BCUT2D eigenvalue weighted by Crippen LogP contribution is -2.01. The van der Waals surface area contributed by atoms with Crippen molar-refractivity contribution in [3.8, 4) is 5.75 Å². The van der Waals surface area contributed by atoms with Gasteiger partial charge in [0, 0.05) is 6.21 Å². The molecule has 1 N–H and O–H groups in total. The zero-order valence-corrected chi connectivity index (χ0v) is 9.99. The first kappa shape index (κ1) is 12.3. The van der Waals surface area contributed by atoms with Crippen molar-refractivity contribution in [2.45, 2.75) is 0 Å². The van der Waals surface area contributed by atoms with E-state index in [4.69, 9.17) is 9.84 Å². The molecule has 18 heavy (non-hydrogen) atoms. The maximum atomic E-state index is 8.65. The van der Waals surface area contributed by atoms with Gasteiger partial charge >= 0.3 is 0 Å². The highest BCUT2D eigenvalue weighted by atomic mass is 16.5. The molecule has 0 amide bonds. The molecule has 2 aromatic carbocycles. The lowest BCUT2D eigenvalue weighted by molar-refractivity contribution is 0.201. The molecule has 0 saturated carbocycles. The quantitative estimate of drug-likeness (QED) is 0.818. The minimum Gasteiger partial charge on any atom is -0.491 e. The Hall–Kier alpha value is -2.13. The summed E-state index contributed by atoms with van der Waals surface area (Å²) in [6.45, 7) is 0.342. The van der Waals surface area contributed by atoms with Crippen molar-refractivity contribution >= 4 is 11.9 Å². The molecule has 3 nitrogen and oxygen atoms in total. The van der Waals surface area contributed by atoms with E-state index >= 15 is 0 Å². The number of rotatable bonds is 5. The summed E-state index contributed by atoms with van der Waals surface area (Å²) in [5.74, 6) is 0.751. The third-order valence-electron chi connectivity index (χ3n) is 2.36. The van der Waals surface area contributed by atoms with Gasteiger partial charge in [0.05, 0.1) is 12.3 Å². The summed E-state index contributed by atoms with van der Waals surface area (Å²) in [7, 11) is 0. The van der Waals surface area contributed by atoms with Crippen LogP contribution in [0.4, 0.5) is 5.69 Å². The largest absolute Gasteiger partial charge is 0.491 e. The van der Waals surface area contributed by atoms with Crippen LogP contribution in [-0.4, -0.2) is 24.5 Å². The standard InChI is InChI=1S/C15H15NO2/c17-10-11-18-15-8-6-13(7-9-15)12-16-14-4-2-1-3-5-14/h1-9,12,17H,10-11H2. The molecule has 0 aliphatic rings. The predicted octanol–water partition coefficient (Wildman–Crippen LogP) is 2.81. The molecule has 0 bridgehead atoms. The van der Waals surface area contributed by atoms with Crippen LogP contribution in [0, 0.1) is 0 Å². The summed E-state index contributed by atoms with van der Waals surface area (Å²) in [6, 6.07) is 17.4. The fourth-order valence-electron chi connectivity index (χ4n) is 1.48. The normalized spacial score (nSPS) is 10.7. The number of aliphatic hydroxyl groups is 1. The van der Waals surface area contributed by atoms with Gasteiger partial charge in [0.25, 0.3) is 0 Å². The highest BCUT2D eigenvalue weighted by Gasteiger charge is 1.93. The number of aliphatic imine (C=N–C) groups is 1. The van der Waals surface area contributed by atoms with Crippen LogP contribution >= 0.6 is 0 Å². The first-order valence-corrected chi connectivity index (χ1v) is 5.81. The summed E-state index contributed by atoms with van der Waals surface area (Å²) < 4.78 is 5.28. The molecular weight excluding hydrogens is 226 g/mol. The molecule has 2 rings (SSSR count). The Kier molecular flexibility index (Phi) is 4.50. The Morgan fingerprint density at radius 2 is 1.72 bits per heavy atom. The molecule has 0 spiro atoms. The molecule has 92 valence electrons. The Morgan fingerprint density at radius 1 is 1.00 bits per heavy atom. The van der Waals surface area contributed by atoms with Crippen LogP contribution in [-0.2, 0) is 0 Å². The van der Waals surface area contributed by atoms with Crippen molar-refractivity contribution in [3.05, 3.63) is 60.2 Å². The second-order valence-corrected chi connectivity index (χ2v) is 3.73. The maximum Gasteiger partial charge on any atom is 0.119 e. The zero-order chi connectivity index (χ0) is 12.6. The van der Waals surface area contributed by atoms with Crippen LogP contribution in [0.5, 0.6) is 5.75 Å².